The number of likely N-dealkylation sites (N-methyl/N-ethyl adjacent to an activating group) is 2. The first-order chi connectivity index (χ1) is 23.2. The molecule has 0 aliphatic heterocycles. The highest BCUT2D eigenvalue weighted by atomic mass is 16.6. The number of esters is 2. The Morgan fingerprint density at radius 3 is 1.59 bits per heavy atom. The summed E-state index contributed by atoms with van der Waals surface area (Å²) in [6.07, 6.45) is -1.73. The van der Waals surface area contributed by atoms with Crippen molar-refractivity contribution in [1.82, 2.24) is 15.1 Å². The summed E-state index contributed by atoms with van der Waals surface area (Å²) in [4.78, 5) is 79.8. The first-order valence-electron chi connectivity index (χ1n) is 16.4. The number of nitrogens with zero attached hydrogens (tertiary/aromatic N) is 2. The van der Waals surface area contributed by atoms with Gasteiger partial charge in [-0.1, -0.05) is 101 Å². The van der Waals surface area contributed by atoms with Crippen molar-refractivity contribution in [2.45, 2.75) is 77.7 Å². The van der Waals surface area contributed by atoms with E-state index in [1.54, 1.807) is 67.6 Å². The summed E-state index contributed by atoms with van der Waals surface area (Å²) in [6.45, 7) is 6.30. The van der Waals surface area contributed by atoms with Gasteiger partial charge in [-0.2, -0.15) is 0 Å². The summed E-state index contributed by atoms with van der Waals surface area (Å²) in [7, 11) is 2.77. The third kappa shape index (κ3) is 13.0. The van der Waals surface area contributed by atoms with Crippen LogP contribution in [-0.2, 0) is 51.1 Å². The zero-order valence-electron chi connectivity index (χ0n) is 29.2. The van der Waals surface area contributed by atoms with E-state index in [1.165, 1.54) is 14.1 Å². The molecule has 0 aliphatic carbocycles. The number of amides is 3. The van der Waals surface area contributed by atoms with Crippen molar-refractivity contribution < 1.29 is 43.3 Å². The van der Waals surface area contributed by atoms with Crippen molar-refractivity contribution in [3.63, 3.8) is 0 Å². The highest BCUT2D eigenvalue weighted by Crippen LogP contribution is 2.15. The van der Waals surface area contributed by atoms with Crippen LogP contribution in [0.3, 0.4) is 0 Å². The summed E-state index contributed by atoms with van der Waals surface area (Å²) >= 11 is 0. The minimum absolute atomic E-state index is 0.00989. The summed E-state index contributed by atoms with van der Waals surface area (Å²) in [5.74, 6) is -5.41. The molecule has 0 heterocycles. The number of rotatable bonds is 19. The standard InChI is InChI=1S/C36H50N4O9/c1-7-23(3)31(37)34(44)39(5)21-29(41)48-27(19-25-15-11-9-12-16-25)33(43)38-32(24(4)8-2)35(45)40(6)22-30(42)49-28(36(46)47)20-26-17-13-10-14-18-26/h9-18,23-24,27-28,31-32H,7-8,19-22,37H2,1-6H3,(H,38,43)(H,46,47)/t23-,24-,27-,28-,31+,32+/m1/s1. The number of carboxylic acids is 1. The van der Waals surface area contributed by atoms with Gasteiger partial charge in [-0.25, -0.2) is 4.79 Å². The molecular formula is C36H50N4O9. The predicted molar refractivity (Wildman–Crippen MR) is 182 cm³/mol. The molecule has 2 aromatic rings. The Bertz CT molecular complexity index is 1410. The van der Waals surface area contributed by atoms with Gasteiger partial charge < -0.3 is 35.4 Å². The second-order valence-corrected chi connectivity index (χ2v) is 12.3. The first kappa shape index (κ1) is 40.4. The average Bonchev–Trinajstić information content (AvgIpc) is 3.08. The Morgan fingerprint density at radius 1 is 0.714 bits per heavy atom. The van der Waals surface area contributed by atoms with E-state index in [9.17, 15) is 33.9 Å². The molecule has 0 saturated heterocycles. The van der Waals surface area contributed by atoms with Crippen molar-refractivity contribution in [2.24, 2.45) is 17.6 Å². The molecule has 49 heavy (non-hydrogen) atoms. The fourth-order valence-corrected chi connectivity index (χ4v) is 4.88. The molecule has 0 saturated carbocycles. The zero-order chi connectivity index (χ0) is 36.7. The largest absolute Gasteiger partial charge is 0.478 e. The molecule has 268 valence electrons. The lowest BCUT2D eigenvalue weighted by molar-refractivity contribution is -0.165. The monoisotopic (exact) mass is 682 g/mol. The maximum Gasteiger partial charge on any atom is 0.345 e. The van der Waals surface area contributed by atoms with Gasteiger partial charge in [0.2, 0.25) is 17.9 Å². The van der Waals surface area contributed by atoms with Crippen molar-refractivity contribution in [1.29, 1.82) is 0 Å². The number of benzene rings is 2. The molecule has 2 aromatic carbocycles. The Balaban J connectivity index is 2.18. The van der Waals surface area contributed by atoms with Crippen molar-refractivity contribution in [3.8, 4) is 0 Å². The van der Waals surface area contributed by atoms with Gasteiger partial charge in [0, 0.05) is 26.9 Å². The third-order valence-corrected chi connectivity index (χ3v) is 8.45. The lowest BCUT2D eigenvalue weighted by Crippen LogP contribution is -2.55. The molecule has 0 aromatic heterocycles. The highest BCUT2D eigenvalue weighted by Gasteiger charge is 2.34. The number of carbonyl (C=O) groups is 6. The second kappa shape index (κ2) is 19.9. The molecule has 0 aliphatic rings. The number of nitrogens with one attached hydrogen (secondary N) is 1. The van der Waals surface area contributed by atoms with Crippen LogP contribution < -0.4 is 11.1 Å². The quantitative estimate of drug-likeness (QED) is 0.186. The zero-order valence-corrected chi connectivity index (χ0v) is 29.2. The van der Waals surface area contributed by atoms with E-state index >= 15 is 0 Å². The normalized spacial score (nSPS) is 14.6. The summed E-state index contributed by atoms with van der Waals surface area (Å²) in [5.41, 5.74) is 7.39. The topological polar surface area (TPSA) is 186 Å². The van der Waals surface area contributed by atoms with Crippen LogP contribution in [0.2, 0.25) is 0 Å². The summed E-state index contributed by atoms with van der Waals surface area (Å²) < 4.78 is 10.8. The van der Waals surface area contributed by atoms with Crippen LogP contribution >= 0.6 is 0 Å². The Kier molecular flexibility index (Phi) is 16.4. The van der Waals surface area contributed by atoms with E-state index in [1.807, 2.05) is 20.8 Å². The minimum atomic E-state index is -1.46. The molecule has 0 unspecified atom stereocenters. The maximum atomic E-state index is 13.7. The van der Waals surface area contributed by atoms with Crippen LogP contribution in [0, 0.1) is 11.8 Å². The Labute approximate surface area is 288 Å². The fraction of sp³-hybridized carbons (Fsp3) is 0.500. The smallest absolute Gasteiger partial charge is 0.345 e. The Morgan fingerprint density at radius 2 is 1.14 bits per heavy atom. The average molecular weight is 683 g/mol. The molecule has 6 atom stereocenters. The van der Waals surface area contributed by atoms with E-state index < -0.39 is 78.9 Å². The lowest BCUT2D eigenvalue weighted by atomic mass is 9.97. The van der Waals surface area contributed by atoms with Gasteiger partial charge in [0.25, 0.3) is 5.91 Å². The molecule has 0 bridgehead atoms. The van der Waals surface area contributed by atoms with Crippen LogP contribution in [0.15, 0.2) is 60.7 Å². The van der Waals surface area contributed by atoms with Crippen LogP contribution in [-0.4, -0.2) is 102 Å². The van der Waals surface area contributed by atoms with Crippen LogP contribution in [0.5, 0.6) is 0 Å². The maximum absolute atomic E-state index is 13.7. The van der Waals surface area contributed by atoms with E-state index in [-0.39, 0.29) is 18.8 Å². The van der Waals surface area contributed by atoms with Gasteiger partial charge in [0.05, 0.1) is 6.04 Å². The molecule has 0 fully saturated rings. The fourth-order valence-electron chi connectivity index (χ4n) is 4.88. The van der Waals surface area contributed by atoms with Gasteiger partial charge >= 0.3 is 17.9 Å². The van der Waals surface area contributed by atoms with Crippen molar-refractivity contribution in [2.75, 3.05) is 27.2 Å². The molecule has 0 spiro atoms. The van der Waals surface area contributed by atoms with Crippen molar-refractivity contribution in [3.05, 3.63) is 71.8 Å². The van der Waals surface area contributed by atoms with Gasteiger partial charge in [-0.05, 0) is 23.0 Å². The van der Waals surface area contributed by atoms with Crippen LogP contribution in [0.25, 0.3) is 0 Å². The summed E-state index contributed by atoms with van der Waals surface area (Å²) in [6, 6.07) is 15.6. The molecular weight excluding hydrogens is 632 g/mol. The molecule has 2 rings (SSSR count). The number of carboxylic acid groups (broad SMARTS) is 1. The van der Waals surface area contributed by atoms with E-state index in [4.69, 9.17) is 15.2 Å². The molecule has 13 nitrogen and oxygen atoms in total. The van der Waals surface area contributed by atoms with Gasteiger partial charge in [0.1, 0.15) is 19.1 Å². The van der Waals surface area contributed by atoms with Crippen LogP contribution in [0.4, 0.5) is 0 Å². The second-order valence-electron chi connectivity index (χ2n) is 12.3. The molecule has 4 N–H and O–H groups in total. The predicted octanol–water partition coefficient (Wildman–Crippen LogP) is 2.20. The summed E-state index contributed by atoms with van der Waals surface area (Å²) in [5, 5.41) is 12.3. The van der Waals surface area contributed by atoms with Gasteiger partial charge in [-0.3, -0.25) is 24.0 Å². The van der Waals surface area contributed by atoms with Crippen LogP contribution in [0.1, 0.15) is 51.7 Å². The first-order valence-corrected chi connectivity index (χ1v) is 16.4. The number of aliphatic carboxylic acids is 1. The lowest BCUT2D eigenvalue weighted by Gasteiger charge is -2.30. The van der Waals surface area contributed by atoms with Crippen molar-refractivity contribution >= 4 is 35.6 Å². The number of carbonyl (C=O) groups excluding carboxylic acids is 5. The third-order valence-electron chi connectivity index (χ3n) is 8.45. The molecule has 13 heteroatoms. The van der Waals surface area contributed by atoms with E-state index in [2.05, 4.69) is 5.32 Å². The number of hydrogen-bond acceptors (Lipinski definition) is 9. The highest BCUT2D eigenvalue weighted by molar-refractivity contribution is 5.92. The minimum Gasteiger partial charge on any atom is -0.478 e. The van der Waals surface area contributed by atoms with Gasteiger partial charge in [0.15, 0.2) is 6.10 Å². The number of nitrogens with two attached hydrogens (primary N) is 1. The Hall–Kier alpha value is -4.78. The van der Waals surface area contributed by atoms with E-state index in [0.717, 1.165) is 9.80 Å². The number of hydrogen-bond donors (Lipinski definition) is 3. The van der Waals surface area contributed by atoms with Gasteiger partial charge in [-0.15, -0.1) is 0 Å². The SMILES string of the molecule is CC[C@@H](C)[C@H](N)C(=O)N(C)CC(=O)O[C@H](Cc1ccccc1)C(=O)N[C@H](C(=O)N(C)CC(=O)O[C@H](Cc1ccccc1)C(=O)O)[C@H](C)CC. The van der Waals surface area contributed by atoms with E-state index in [0.29, 0.717) is 24.0 Å². The molecule has 0 radical (unpaired) electrons. The molecule has 3 amide bonds. The number of ether oxygens (including phenoxy) is 2.